The molecule has 0 saturated carbocycles. The number of esters is 1. The van der Waals surface area contributed by atoms with Gasteiger partial charge in [-0.15, -0.1) is 0 Å². The molecular formula is C12H13IO2. The number of hydrogen-bond acceptors (Lipinski definition) is 2. The van der Waals surface area contributed by atoms with E-state index in [4.69, 9.17) is 4.74 Å². The second kappa shape index (κ2) is 4.51. The van der Waals surface area contributed by atoms with Crippen molar-refractivity contribution in [1.29, 1.82) is 0 Å². The van der Waals surface area contributed by atoms with Gasteiger partial charge in [-0.3, -0.25) is 4.79 Å². The number of benzene rings is 1. The van der Waals surface area contributed by atoms with Gasteiger partial charge < -0.3 is 4.74 Å². The summed E-state index contributed by atoms with van der Waals surface area (Å²) in [6.45, 7) is 2.08. The molecule has 0 radical (unpaired) electrons. The minimum absolute atomic E-state index is 0.0282. The molecule has 0 amide bonds. The van der Waals surface area contributed by atoms with Crippen LogP contribution < -0.4 is 0 Å². The van der Waals surface area contributed by atoms with Gasteiger partial charge in [-0.25, -0.2) is 0 Å². The van der Waals surface area contributed by atoms with Crippen molar-refractivity contribution < 1.29 is 9.53 Å². The summed E-state index contributed by atoms with van der Waals surface area (Å²) in [5.74, 6) is 0.156. The third-order valence-corrected chi connectivity index (χ3v) is 3.44. The van der Waals surface area contributed by atoms with Gasteiger partial charge in [-0.1, -0.05) is 52.9 Å². The van der Waals surface area contributed by atoms with Gasteiger partial charge in [-0.2, -0.15) is 0 Å². The maximum absolute atomic E-state index is 11.3. The fourth-order valence-electron chi connectivity index (χ4n) is 2.00. The van der Waals surface area contributed by atoms with Crippen molar-refractivity contribution in [3.63, 3.8) is 0 Å². The van der Waals surface area contributed by atoms with E-state index in [0.29, 0.717) is 10.3 Å². The highest BCUT2D eigenvalue weighted by Crippen LogP contribution is 2.35. The topological polar surface area (TPSA) is 26.3 Å². The molecular weight excluding hydrogens is 303 g/mol. The third kappa shape index (κ3) is 2.33. The summed E-state index contributed by atoms with van der Waals surface area (Å²) in [7, 11) is 0. The Morgan fingerprint density at radius 1 is 1.40 bits per heavy atom. The highest BCUT2D eigenvalue weighted by atomic mass is 127. The van der Waals surface area contributed by atoms with Crippen LogP contribution in [0, 0.1) is 0 Å². The van der Waals surface area contributed by atoms with Crippen molar-refractivity contribution >= 4 is 28.6 Å². The molecule has 0 bridgehead atoms. The van der Waals surface area contributed by atoms with Crippen LogP contribution in [0.15, 0.2) is 30.3 Å². The molecule has 1 unspecified atom stereocenters. The minimum atomic E-state index is -0.0719. The van der Waals surface area contributed by atoms with Gasteiger partial charge in [-0.05, 0) is 12.5 Å². The molecule has 1 aromatic rings. The van der Waals surface area contributed by atoms with Gasteiger partial charge in [0.15, 0.2) is 0 Å². The lowest BCUT2D eigenvalue weighted by Gasteiger charge is -2.19. The SMILES string of the molecule is CC(I)[C@H]1OC(=O)C[C@H]1c1ccccc1. The smallest absolute Gasteiger partial charge is 0.306 e. The van der Waals surface area contributed by atoms with Crippen molar-refractivity contribution in [1.82, 2.24) is 0 Å². The summed E-state index contributed by atoms with van der Waals surface area (Å²) in [6, 6.07) is 10.1. The lowest BCUT2D eigenvalue weighted by molar-refractivity contribution is -0.141. The number of alkyl halides is 1. The van der Waals surface area contributed by atoms with E-state index in [-0.39, 0.29) is 18.0 Å². The Morgan fingerprint density at radius 3 is 2.67 bits per heavy atom. The standard InChI is InChI=1S/C12H13IO2/c1-8(13)12-10(7-11(14)15-12)9-5-3-2-4-6-9/h2-6,8,10,12H,7H2,1H3/t8?,10-,12+/m0/s1. The van der Waals surface area contributed by atoms with Gasteiger partial charge in [0.2, 0.25) is 0 Å². The van der Waals surface area contributed by atoms with Crippen LogP contribution in [0.5, 0.6) is 0 Å². The summed E-state index contributed by atoms with van der Waals surface area (Å²) in [5, 5.41) is 0. The third-order valence-electron chi connectivity index (χ3n) is 2.73. The van der Waals surface area contributed by atoms with E-state index in [1.54, 1.807) is 0 Å². The van der Waals surface area contributed by atoms with Crippen molar-refractivity contribution in [2.75, 3.05) is 0 Å². The van der Waals surface area contributed by atoms with E-state index < -0.39 is 0 Å². The average molecular weight is 316 g/mol. The molecule has 3 heteroatoms. The normalized spacial score (nSPS) is 27.5. The lowest BCUT2D eigenvalue weighted by atomic mass is 9.91. The van der Waals surface area contributed by atoms with Crippen molar-refractivity contribution in [2.24, 2.45) is 0 Å². The molecule has 2 rings (SSSR count). The van der Waals surface area contributed by atoms with Crippen LogP contribution in [0.4, 0.5) is 0 Å². The quantitative estimate of drug-likeness (QED) is 0.476. The van der Waals surface area contributed by atoms with Crippen LogP contribution in [0.25, 0.3) is 0 Å². The van der Waals surface area contributed by atoms with Crippen molar-refractivity contribution in [3.8, 4) is 0 Å². The summed E-state index contributed by atoms with van der Waals surface area (Å²) in [5.41, 5.74) is 1.21. The molecule has 1 fully saturated rings. The van der Waals surface area contributed by atoms with Gasteiger partial charge in [0.1, 0.15) is 6.10 Å². The molecule has 1 heterocycles. The molecule has 0 aromatic heterocycles. The predicted octanol–water partition coefficient (Wildman–Crippen LogP) is 2.91. The molecule has 0 N–H and O–H groups in total. The molecule has 1 aromatic carbocycles. The van der Waals surface area contributed by atoms with Crippen LogP contribution in [-0.4, -0.2) is 16.0 Å². The van der Waals surface area contributed by atoms with E-state index in [9.17, 15) is 4.79 Å². The molecule has 2 nitrogen and oxygen atoms in total. The molecule has 1 aliphatic heterocycles. The Morgan fingerprint density at radius 2 is 2.07 bits per heavy atom. The van der Waals surface area contributed by atoms with Gasteiger partial charge >= 0.3 is 5.97 Å². The first-order valence-electron chi connectivity index (χ1n) is 5.07. The zero-order valence-electron chi connectivity index (χ0n) is 8.52. The number of cyclic esters (lactones) is 1. The predicted molar refractivity (Wildman–Crippen MR) is 67.2 cm³/mol. The van der Waals surface area contributed by atoms with E-state index in [1.165, 1.54) is 5.56 Å². The zero-order chi connectivity index (χ0) is 10.8. The molecule has 0 spiro atoms. The number of carbonyl (C=O) groups excluding carboxylic acids is 1. The number of halogens is 1. The second-order valence-corrected chi connectivity index (χ2v) is 5.82. The van der Waals surface area contributed by atoms with Gasteiger partial charge in [0.05, 0.1) is 6.42 Å². The Labute approximate surface area is 103 Å². The van der Waals surface area contributed by atoms with Gasteiger partial charge in [0.25, 0.3) is 0 Å². The van der Waals surface area contributed by atoms with Crippen LogP contribution in [0.3, 0.4) is 0 Å². The Balaban J connectivity index is 2.24. The second-order valence-electron chi connectivity index (χ2n) is 3.85. The van der Waals surface area contributed by atoms with E-state index in [0.717, 1.165) is 0 Å². The van der Waals surface area contributed by atoms with E-state index in [1.807, 2.05) is 18.2 Å². The van der Waals surface area contributed by atoms with Crippen LogP contribution in [0.2, 0.25) is 0 Å². The minimum Gasteiger partial charge on any atom is -0.461 e. The van der Waals surface area contributed by atoms with E-state index >= 15 is 0 Å². The Kier molecular flexibility index (Phi) is 3.29. The number of hydrogen-bond donors (Lipinski definition) is 0. The fraction of sp³-hybridized carbons (Fsp3) is 0.417. The summed E-state index contributed by atoms with van der Waals surface area (Å²) in [4.78, 5) is 11.3. The maximum atomic E-state index is 11.3. The van der Waals surface area contributed by atoms with Crippen molar-refractivity contribution in [3.05, 3.63) is 35.9 Å². The summed E-state index contributed by atoms with van der Waals surface area (Å²) in [6.07, 6.45) is 0.544. The van der Waals surface area contributed by atoms with Crippen LogP contribution in [-0.2, 0) is 9.53 Å². The van der Waals surface area contributed by atoms with E-state index in [2.05, 4.69) is 41.6 Å². The molecule has 15 heavy (non-hydrogen) atoms. The first-order chi connectivity index (χ1) is 7.18. The Bertz CT molecular complexity index is 348. The van der Waals surface area contributed by atoms with Crippen LogP contribution in [0.1, 0.15) is 24.8 Å². The molecule has 0 aliphatic carbocycles. The zero-order valence-corrected chi connectivity index (χ0v) is 10.7. The average Bonchev–Trinajstić information content (AvgIpc) is 2.62. The molecule has 80 valence electrons. The first kappa shape index (κ1) is 10.9. The van der Waals surface area contributed by atoms with Crippen LogP contribution >= 0.6 is 22.6 Å². The van der Waals surface area contributed by atoms with Gasteiger partial charge in [0, 0.05) is 9.84 Å². The Hall–Kier alpha value is -0.580. The fourth-order valence-corrected chi connectivity index (χ4v) is 2.65. The monoisotopic (exact) mass is 316 g/mol. The molecule has 1 saturated heterocycles. The largest absolute Gasteiger partial charge is 0.461 e. The molecule has 1 aliphatic rings. The van der Waals surface area contributed by atoms with Crippen molar-refractivity contribution in [2.45, 2.75) is 29.3 Å². The summed E-state index contributed by atoms with van der Waals surface area (Å²) < 4.78 is 5.69. The molecule has 3 atom stereocenters. The highest BCUT2D eigenvalue weighted by Gasteiger charge is 2.38. The number of carbonyl (C=O) groups is 1. The highest BCUT2D eigenvalue weighted by molar-refractivity contribution is 14.1. The maximum Gasteiger partial charge on any atom is 0.306 e. The first-order valence-corrected chi connectivity index (χ1v) is 6.31. The summed E-state index contributed by atoms with van der Waals surface area (Å²) >= 11 is 2.32. The lowest BCUT2D eigenvalue weighted by Crippen LogP contribution is -2.23. The number of ether oxygens (including phenoxy) is 1. The number of rotatable bonds is 2.